The highest BCUT2D eigenvalue weighted by Gasteiger charge is 2.04. The first-order valence-electron chi connectivity index (χ1n) is 4.36. The summed E-state index contributed by atoms with van der Waals surface area (Å²) < 4.78 is 32.9. The molecule has 80 valence electrons. The lowest BCUT2D eigenvalue weighted by molar-refractivity contribution is 0.0124. The Kier molecular flexibility index (Phi) is 8.18. The zero-order chi connectivity index (χ0) is 10.1. The van der Waals surface area contributed by atoms with Gasteiger partial charge in [-0.3, -0.25) is 0 Å². The summed E-state index contributed by atoms with van der Waals surface area (Å²) in [7, 11) is 0. The van der Waals surface area contributed by atoms with Crippen molar-refractivity contribution in [3.63, 3.8) is 0 Å². The second-order valence-corrected chi connectivity index (χ2v) is 2.67. The minimum Gasteiger partial charge on any atom is -0.380 e. The first-order chi connectivity index (χ1) is 6.16. The highest BCUT2D eigenvalue weighted by molar-refractivity contribution is 4.58. The van der Waals surface area contributed by atoms with Gasteiger partial charge in [0.05, 0.1) is 6.61 Å². The molecule has 13 heavy (non-hydrogen) atoms. The molecule has 0 bridgehead atoms. The lowest BCUT2D eigenvalue weighted by Gasteiger charge is -2.11. The quantitative estimate of drug-likeness (QED) is 0.591. The van der Waals surface area contributed by atoms with E-state index in [4.69, 9.17) is 10.5 Å². The number of hydrogen-bond acceptors (Lipinski definition) is 3. The summed E-state index contributed by atoms with van der Waals surface area (Å²) in [4.78, 5) is 0. The van der Waals surface area contributed by atoms with E-state index in [-0.39, 0.29) is 12.6 Å². The average molecular weight is 197 g/mol. The van der Waals surface area contributed by atoms with E-state index < -0.39 is 13.0 Å². The molecule has 1 atom stereocenters. The minimum absolute atomic E-state index is 0.127. The predicted octanol–water partition coefficient (Wildman–Crippen LogP) is 1.02. The van der Waals surface area contributed by atoms with Gasteiger partial charge in [-0.05, 0) is 13.3 Å². The van der Waals surface area contributed by atoms with Crippen molar-refractivity contribution < 1.29 is 18.3 Å². The summed E-state index contributed by atoms with van der Waals surface area (Å²) in [6.07, 6.45) is -1.85. The van der Waals surface area contributed by atoms with Crippen LogP contribution in [0, 0.1) is 0 Å². The number of nitrogens with two attached hydrogens (primary N) is 1. The minimum atomic E-state index is -2.40. The van der Waals surface area contributed by atoms with E-state index in [1.165, 1.54) is 0 Å². The van der Waals surface area contributed by atoms with Gasteiger partial charge in [0, 0.05) is 19.3 Å². The van der Waals surface area contributed by atoms with Crippen molar-refractivity contribution in [3.05, 3.63) is 0 Å². The molecule has 0 radical (unpaired) electrons. The molecule has 0 rings (SSSR count). The zero-order valence-corrected chi connectivity index (χ0v) is 7.84. The number of rotatable bonds is 8. The van der Waals surface area contributed by atoms with Crippen molar-refractivity contribution in [2.24, 2.45) is 5.73 Å². The molecule has 0 aliphatic heterocycles. The van der Waals surface area contributed by atoms with Gasteiger partial charge in [0.25, 0.3) is 6.43 Å². The van der Waals surface area contributed by atoms with E-state index in [9.17, 15) is 8.78 Å². The van der Waals surface area contributed by atoms with Crippen LogP contribution in [-0.4, -0.2) is 38.9 Å². The highest BCUT2D eigenvalue weighted by atomic mass is 19.3. The first-order valence-corrected chi connectivity index (χ1v) is 4.36. The molecule has 3 nitrogen and oxygen atoms in total. The molecule has 0 aromatic rings. The number of hydrogen-bond donors (Lipinski definition) is 1. The highest BCUT2D eigenvalue weighted by Crippen LogP contribution is 1.95. The van der Waals surface area contributed by atoms with Crippen LogP contribution in [0.3, 0.4) is 0 Å². The monoisotopic (exact) mass is 197 g/mol. The van der Waals surface area contributed by atoms with Crippen molar-refractivity contribution in [1.82, 2.24) is 0 Å². The Morgan fingerprint density at radius 1 is 1.23 bits per heavy atom. The van der Waals surface area contributed by atoms with Crippen molar-refractivity contribution in [2.45, 2.75) is 25.8 Å². The Morgan fingerprint density at radius 3 is 2.46 bits per heavy atom. The Bertz CT molecular complexity index is 114. The van der Waals surface area contributed by atoms with Crippen LogP contribution < -0.4 is 5.73 Å². The average Bonchev–Trinajstić information content (AvgIpc) is 2.08. The van der Waals surface area contributed by atoms with Gasteiger partial charge in [-0.15, -0.1) is 0 Å². The van der Waals surface area contributed by atoms with Crippen LogP contribution in [0.5, 0.6) is 0 Å². The maximum absolute atomic E-state index is 11.6. The molecule has 0 fully saturated rings. The number of halogens is 2. The van der Waals surface area contributed by atoms with Gasteiger partial charge in [0.15, 0.2) is 0 Å². The predicted molar refractivity (Wildman–Crippen MR) is 45.9 cm³/mol. The molecule has 0 saturated carbocycles. The van der Waals surface area contributed by atoms with Crippen LogP contribution in [0.1, 0.15) is 13.3 Å². The SMILES string of the molecule is CCOCC(N)CCOCC(F)F. The topological polar surface area (TPSA) is 44.5 Å². The van der Waals surface area contributed by atoms with Crippen molar-refractivity contribution in [1.29, 1.82) is 0 Å². The standard InChI is InChI=1S/C8H17F2NO2/c1-2-12-5-7(11)3-4-13-6-8(9)10/h7-8H,2-6,11H2,1H3. The normalized spacial score (nSPS) is 13.6. The van der Waals surface area contributed by atoms with Gasteiger partial charge < -0.3 is 15.2 Å². The largest absolute Gasteiger partial charge is 0.380 e. The molecule has 0 aromatic heterocycles. The van der Waals surface area contributed by atoms with Crippen LogP contribution in [0.2, 0.25) is 0 Å². The lowest BCUT2D eigenvalue weighted by Crippen LogP contribution is -2.28. The molecular formula is C8H17F2NO2. The van der Waals surface area contributed by atoms with E-state index in [0.717, 1.165) is 0 Å². The summed E-state index contributed by atoms with van der Waals surface area (Å²) in [5, 5.41) is 0. The van der Waals surface area contributed by atoms with E-state index in [1.54, 1.807) is 0 Å². The van der Waals surface area contributed by atoms with Crippen LogP contribution >= 0.6 is 0 Å². The summed E-state index contributed by atoms with van der Waals surface area (Å²) in [6, 6.07) is -0.127. The molecule has 2 N–H and O–H groups in total. The fourth-order valence-corrected chi connectivity index (χ4v) is 0.760. The van der Waals surface area contributed by atoms with Gasteiger partial charge in [-0.25, -0.2) is 8.78 Å². The van der Waals surface area contributed by atoms with Crippen molar-refractivity contribution >= 4 is 0 Å². The molecule has 0 spiro atoms. The zero-order valence-electron chi connectivity index (χ0n) is 7.84. The van der Waals surface area contributed by atoms with Crippen molar-refractivity contribution in [2.75, 3.05) is 26.4 Å². The third-order valence-electron chi connectivity index (χ3n) is 1.41. The maximum Gasteiger partial charge on any atom is 0.261 e. The summed E-state index contributed by atoms with van der Waals surface area (Å²) in [6.45, 7) is 2.69. The molecule has 5 heteroatoms. The summed E-state index contributed by atoms with van der Waals surface area (Å²) in [5.41, 5.74) is 5.58. The molecule has 0 saturated heterocycles. The fourth-order valence-electron chi connectivity index (χ4n) is 0.760. The Morgan fingerprint density at radius 2 is 1.92 bits per heavy atom. The Labute approximate surface area is 77.2 Å². The molecule has 0 aliphatic rings. The second-order valence-electron chi connectivity index (χ2n) is 2.67. The smallest absolute Gasteiger partial charge is 0.261 e. The Hall–Kier alpha value is -0.260. The molecule has 0 aromatic carbocycles. The van der Waals surface area contributed by atoms with Crippen molar-refractivity contribution in [3.8, 4) is 0 Å². The van der Waals surface area contributed by atoms with E-state index in [2.05, 4.69) is 4.74 Å². The van der Waals surface area contributed by atoms with Crippen LogP contribution in [0.15, 0.2) is 0 Å². The fraction of sp³-hybridized carbons (Fsp3) is 1.00. The Balaban J connectivity index is 3.12. The van der Waals surface area contributed by atoms with Gasteiger partial charge in [0.1, 0.15) is 6.61 Å². The van der Waals surface area contributed by atoms with E-state index in [1.807, 2.05) is 6.92 Å². The van der Waals surface area contributed by atoms with E-state index >= 15 is 0 Å². The van der Waals surface area contributed by atoms with Crippen LogP contribution in [0.25, 0.3) is 0 Å². The summed E-state index contributed by atoms with van der Waals surface area (Å²) >= 11 is 0. The summed E-state index contributed by atoms with van der Waals surface area (Å²) in [5.74, 6) is 0. The van der Waals surface area contributed by atoms with E-state index in [0.29, 0.717) is 19.6 Å². The number of ether oxygens (including phenoxy) is 2. The van der Waals surface area contributed by atoms with Crippen LogP contribution in [-0.2, 0) is 9.47 Å². The maximum atomic E-state index is 11.6. The molecule has 0 heterocycles. The van der Waals surface area contributed by atoms with Gasteiger partial charge in [0.2, 0.25) is 0 Å². The molecular weight excluding hydrogens is 180 g/mol. The molecule has 1 unspecified atom stereocenters. The first kappa shape index (κ1) is 12.7. The third kappa shape index (κ3) is 9.66. The lowest BCUT2D eigenvalue weighted by atomic mass is 10.2. The number of alkyl halides is 2. The van der Waals surface area contributed by atoms with Gasteiger partial charge in [-0.1, -0.05) is 0 Å². The second kappa shape index (κ2) is 8.34. The molecule has 0 aliphatic carbocycles. The third-order valence-corrected chi connectivity index (χ3v) is 1.41. The van der Waals surface area contributed by atoms with Crippen LogP contribution in [0.4, 0.5) is 8.78 Å². The van der Waals surface area contributed by atoms with Gasteiger partial charge in [-0.2, -0.15) is 0 Å². The van der Waals surface area contributed by atoms with Gasteiger partial charge >= 0.3 is 0 Å². The molecule has 0 amide bonds.